The molecule has 22 heavy (non-hydrogen) atoms. The maximum absolute atomic E-state index is 11.5. The second kappa shape index (κ2) is 5.69. The number of phenolic OH excluding ortho intramolecular Hbond substituents is 1. The van der Waals surface area contributed by atoms with Gasteiger partial charge in [0.1, 0.15) is 5.75 Å². The van der Waals surface area contributed by atoms with Crippen LogP contribution >= 0.6 is 0 Å². The number of aromatic hydroxyl groups is 1. The van der Waals surface area contributed by atoms with Crippen molar-refractivity contribution in [2.75, 3.05) is 11.5 Å². The van der Waals surface area contributed by atoms with E-state index in [9.17, 15) is 13.5 Å². The quantitative estimate of drug-likeness (QED) is 0.869. The van der Waals surface area contributed by atoms with E-state index in [1.54, 1.807) is 18.2 Å². The molecule has 0 spiro atoms. The Labute approximate surface area is 128 Å². The van der Waals surface area contributed by atoms with E-state index < -0.39 is 15.9 Å². The van der Waals surface area contributed by atoms with Gasteiger partial charge in [-0.05, 0) is 30.9 Å². The molecule has 2 atom stereocenters. The number of hydrogen-bond donors (Lipinski definition) is 2. The van der Waals surface area contributed by atoms with Crippen molar-refractivity contribution < 1.29 is 18.0 Å². The van der Waals surface area contributed by atoms with Gasteiger partial charge in [0.2, 0.25) is 11.7 Å². The molecule has 2 aromatic rings. The van der Waals surface area contributed by atoms with Gasteiger partial charge >= 0.3 is 0 Å². The van der Waals surface area contributed by atoms with E-state index in [0.29, 0.717) is 24.2 Å². The summed E-state index contributed by atoms with van der Waals surface area (Å²) < 4.78 is 28.1. The first-order valence-corrected chi connectivity index (χ1v) is 8.84. The van der Waals surface area contributed by atoms with E-state index in [-0.39, 0.29) is 29.1 Å². The molecule has 0 saturated carbocycles. The molecule has 0 radical (unpaired) electrons. The lowest BCUT2D eigenvalue weighted by Crippen LogP contribution is -2.16. The standard InChI is InChI=1S/C14H17N3O4S/c15-12(6-9-4-5-22(19,20)8-9)14-16-13(17-21-14)10-2-1-3-11(18)7-10/h1-3,7,9,12,18H,4-6,8,15H2. The SMILES string of the molecule is NC(CC1CCS(=O)(=O)C1)c1nc(-c2cccc(O)c2)no1. The first kappa shape index (κ1) is 15.0. The van der Waals surface area contributed by atoms with Gasteiger partial charge in [0.15, 0.2) is 9.84 Å². The monoisotopic (exact) mass is 323 g/mol. The summed E-state index contributed by atoms with van der Waals surface area (Å²) in [7, 11) is -2.92. The molecule has 1 fully saturated rings. The number of phenols is 1. The molecule has 1 aromatic carbocycles. The van der Waals surface area contributed by atoms with E-state index in [1.165, 1.54) is 6.07 Å². The van der Waals surface area contributed by atoms with Gasteiger partial charge < -0.3 is 15.4 Å². The highest BCUT2D eigenvalue weighted by molar-refractivity contribution is 7.91. The molecule has 118 valence electrons. The number of nitrogens with zero attached hydrogens (tertiary/aromatic N) is 2. The van der Waals surface area contributed by atoms with Gasteiger partial charge in [-0.25, -0.2) is 8.42 Å². The van der Waals surface area contributed by atoms with Crippen LogP contribution in [0, 0.1) is 5.92 Å². The summed E-state index contributed by atoms with van der Waals surface area (Å²) in [5.74, 6) is 1.18. The second-order valence-corrected chi connectivity index (χ2v) is 7.85. The minimum Gasteiger partial charge on any atom is -0.508 e. The Bertz CT molecular complexity index is 772. The molecule has 1 aliphatic heterocycles. The van der Waals surface area contributed by atoms with E-state index in [2.05, 4.69) is 10.1 Å². The number of hydrogen-bond acceptors (Lipinski definition) is 7. The summed E-state index contributed by atoms with van der Waals surface area (Å²) in [5, 5.41) is 13.3. The Morgan fingerprint density at radius 3 is 2.95 bits per heavy atom. The van der Waals surface area contributed by atoms with Crippen LogP contribution in [0.15, 0.2) is 28.8 Å². The first-order valence-electron chi connectivity index (χ1n) is 7.02. The van der Waals surface area contributed by atoms with Crippen molar-refractivity contribution in [2.24, 2.45) is 11.7 Å². The van der Waals surface area contributed by atoms with Crippen LogP contribution < -0.4 is 5.73 Å². The molecule has 0 bridgehead atoms. The molecule has 8 heteroatoms. The van der Waals surface area contributed by atoms with Crippen LogP contribution in [-0.4, -0.2) is 35.2 Å². The molecule has 1 aromatic heterocycles. The fraction of sp³-hybridized carbons (Fsp3) is 0.429. The van der Waals surface area contributed by atoms with Crippen LogP contribution in [-0.2, 0) is 9.84 Å². The minimum atomic E-state index is -2.92. The van der Waals surface area contributed by atoms with Gasteiger partial charge in [-0.15, -0.1) is 0 Å². The van der Waals surface area contributed by atoms with Crippen molar-refractivity contribution >= 4 is 9.84 Å². The number of nitrogens with two attached hydrogens (primary N) is 1. The van der Waals surface area contributed by atoms with Crippen molar-refractivity contribution in [3.05, 3.63) is 30.2 Å². The molecular weight excluding hydrogens is 306 g/mol. The average Bonchev–Trinajstić information content (AvgIpc) is 3.06. The summed E-state index contributed by atoms with van der Waals surface area (Å²) in [6, 6.07) is 6.03. The highest BCUT2D eigenvalue weighted by Crippen LogP contribution is 2.28. The summed E-state index contributed by atoms with van der Waals surface area (Å²) >= 11 is 0. The lowest BCUT2D eigenvalue weighted by atomic mass is 10.00. The van der Waals surface area contributed by atoms with E-state index in [0.717, 1.165) is 0 Å². The van der Waals surface area contributed by atoms with Gasteiger partial charge in [0.25, 0.3) is 0 Å². The van der Waals surface area contributed by atoms with Gasteiger partial charge in [-0.2, -0.15) is 4.98 Å². The van der Waals surface area contributed by atoms with Crippen molar-refractivity contribution in [1.82, 2.24) is 10.1 Å². The zero-order valence-electron chi connectivity index (χ0n) is 11.8. The number of rotatable bonds is 4. The van der Waals surface area contributed by atoms with Crippen molar-refractivity contribution in [1.29, 1.82) is 0 Å². The third-order valence-electron chi connectivity index (χ3n) is 3.78. The third-order valence-corrected chi connectivity index (χ3v) is 5.61. The minimum absolute atomic E-state index is 0.0381. The van der Waals surface area contributed by atoms with Crippen LogP contribution in [0.1, 0.15) is 24.8 Å². The molecule has 1 saturated heterocycles. The van der Waals surface area contributed by atoms with E-state index in [1.807, 2.05) is 0 Å². The van der Waals surface area contributed by atoms with E-state index in [4.69, 9.17) is 10.3 Å². The van der Waals surface area contributed by atoms with Gasteiger partial charge in [-0.3, -0.25) is 0 Å². The fourth-order valence-electron chi connectivity index (χ4n) is 2.67. The Morgan fingerprint density at radius 1 is 1.45 bits per heavy atom. The van der Waals surface area contributed by atoms with Gasteiger partial charge in [0, 0.05) is 5.56 Å². The molecule has 0 aliphatic carbocycles. The number of benzene rings is 1. The molecule has 1 aliphatic rings. The van der Waals surface area contributed by atoms with Crippen molar-refractivity contribution in [2.45, 2.75) is 18.9 Å². The highest BCUT2D eigenvalue weighted by Gasteiger charge is 2.30. The largest absolute Gasteiger partial charge is 0.508 e. The van der Waals surface area contributed by atoms with Crippen LogP contribution in [0.4, 0.5) is 0 Å². The Hall–Kier alpha value is -1.93. The van der Waals surface area contributed by atoms with Crippen molar-refractivity contribution in [3.8, 4) is 17.1 Å². The number of sulfone groups is 1. The summed E-state index contributed by atoms with van der Waals surface area (Å²) in [6.45, 7) is 0. The van der Waals surface area contributed by atoms with Crippen molar-refractivity contribution in [3.63, 3.8) is 0 Å². The normalized spacial score (nSPS) is 21.8. The van der Waals surface area contributed by atoms with Gasteiger partial charge in [0.05, 0.1) is 17.5 Å². The maximum Gasteiger partial charge on any atom is 0.243 e. The molecule has 0 amide bonds. The van der Waals surface area contributed by atoms with E-state index >= 15 is 0 Å². The van der Waals surface area contributed by atoms with Crippen LogP contribution in [0.3, 0.4) is 0 Å². The topological polar surface area (TPSA) is 119 Å². The third kappa shape index (κ3) is 3.28. The highest BCUT2D eigenvalue weighted by atomic mass is 32.2. The zero-order chi connectivity index (χ0) is 15.7. The predicted molar refractivity (Wildman–Crippen MR) is 79.7 cm³/mol. The summed E-state index contributed by atoms with van der Waals surface area (Å²) in [5.41, 5.74) is 6.67. The Morgan fingerprint density at radius 2 is 2.27 bits per heavy atom. The lowest BCUT2D eigenvalue weighted by Gasteiger charge is -2.11. The first-order chi connectivity index (χ1) is 10.4. The van der Waals surface area contributed by atoms with Crippen LogP contribution in [0.25, 0.3) is 11.4 Å². The Kier molecular flexibility index (Phi) is 3.88. The fourth-order valence-corrected chi connectivity index (χ4v) is 4.55. The molecule has 3 rings (SSSR count). The van der Waals surface area contributed by atoms with Crippen LogP contribution in [0.2, 0.25) is 0 Å². The van der Waals surface area contributed by atoms with Crippen LogP contribution in [0.5, 0.6) is 5.75 Å². The lowest BCUT2D eigenvalue weighted by molar-refractivity contribution is 0.332. The Balaban J connectivity index is 1.71. The van der Waals surface area contributed by atoms with Gasteiger partial charge in [-0.1, -0.05) is 17.3 Å². The predicted octanol–water partition coefficient (Wildman–Crippen LogP) is 1.27. The smallest absolute Gasteiger partial charge is 0.243 e. The second-order valence-electron chi connectivity index (χ2n) is 5.62. The molecule has 7 nitrogen and oxygen atoms in total. The molecular formula is C14H17N3O4S. The zero-order valence-corrected chi connectivity index (χ0v) is 12.7. The summed E-state index contributed by atoms with van der Waals surface area (Å²) in [6.07, 6.45) is 1.13. The molecule has 2 unspecified atom stereocenters. The molecule has 3 N–H and O–H groups in total. The molecule has 2 heterocycles. The average molecular weight is 323 g/mol. The number of aromatic nitrogens is 2. The maximum atomic E-state index is 11.5. The summed E-state index contributed by atoms with van der Waals surface area (Å²) in [4.78, 5) is 4.24.